The molecule has 2 atom stereocenters. The normalized spacial score (nSPS) is 21.3. The number of rotatable bonds is 4. The Kier molecular flexibility index (Phi) is 4.73. The Hall–Kier alpha value is -1.39. The topological polar surface area (TPSA) is 50.4 Å². The van der Waals surface area contributed by atoms with Gasteiger partial charge in [-0.15, -0.1) is 0 Å². The van der Waals surface area contributed by atoms with Crippen molar-refractivity contribution in [1.82, 2.24) is 10.6 Å². The Morgan fingerprint density at radius 1 is 1.50 bits per heavy atom. The van der Waals surface area contributed by atoms with Crippen molar-refractivity contribution in [2.45, 2.75) is 25.5 Å². The largest absolute Gasteiger partial charge is 0.375 e. The van der Waals surface area contributed by atoms with Crippen molar-refractivity contribution in [1.29, 1.82) is 0 Å². The Morgan fingerprint density at radius 2 is 2.28 bits per heavy atom. The third-order valence-corrected chi connectivity index (χ3v) is 3.09. The highest BCUT2D eigenvalue weighted by Gasteiger charge is 2.18. The monoisotopic (exact) mass is 248 g/mol. The van der Waals surface area contributed by atoms with Gasteiger partial charge in [0.15, 0.2) is 0 Å². The molecule has 1 aromatic rings. The van der Waals surface area contributed by atoms with Crippen molar-refractivity contribution in [2.24, 2.45) is 0 Å². The highest BCUT2D eigenvalue weighted by atomic mass is 16.5. The molecule has 1 heterocycles. The van der Waals surface area contributed by atoms with E-state index in [-0.39, 0.29) is 18.1 Å². The molecule has 1 amide bonds. The van der Waals surface area contributed by atoms with Crippen LogP contribution in [0.3, 0.4) is 0 Å². The van der Waals surface area contributed by atoms with Gasteiger partial charge in [-0.3, -0.25) is 4.79 Å². The molecule has 0 saturated carbocycles. The Balaban J connectivity index is 1.80. The van der Waals surface area contributed by atoms with E-state index in [0.717, 1.165) is 18.7 Å². The first-order chi connectivity index (χ1) is 8.75. The number of morpholine rings is 1. The van der Waals surface area contributed by atoms with Crippen molar-refractivity contribution in [3.8, 4) is 0 Å². The molecule has 18 heavy (non-hydrogen) atoms. The fourth-order valence-corrected chi connectivity index (χ4v) is 2.08. The van der Waals surface area contributed by atoms with E-state index in [1.54, 1.807) is 0 Å². The molecular formula is C14H20N2O2. The SMILES string of the molecule is CC(NC(=O)CC1CNCCO1)c1ccccc1. The van der Waals surface area contributed by atoms with Gasteiger partial charge < -0.3 is 15.4 Å². The molecule has 0 aliphatic carbocycles. The lowest BCUT2D eigenvalue weighted by Gasteiger charge is -2.24. The number of nitrogens with one attached hydrogen (secondary N) is 2. The van der Waals surface area contributed by atoms with Crippen LogP contribution in [-0.4, -0.2) is 31.7 Å². The number of hydrogen-bond donors (Lipinski definition) is 2. The fraction of sp³-hybridized carbons (Fsp3) is 0.500. The summed E-state index contributed by atoms with van der Waals surface area (Å²) in [6.45, 7) is 4.31. The summed E-state index contributed by atoms with van der Waals surface area (Å²) >= 11 is 0. The standard InChI is InChI=1S/C14H20N2O2/c1-11(12-5-3-2-4-6-12)16-14(17)9-13-10-15-7-8-18-13/h2-6,11,13,15H,7-10H2,1H3,(H,16,17). The van der Waals surface area contributed by atoms with Crippen LogP contribution in [0.5, 0.6) is 0 Å². The van der Waals surface area contributed by atoms with Gasteiger partial charge in [0, 0.05) is 13.1 Å². The minimum Gasteiger partial charge on any atom is -0.375 e. The molecular weight excluding hydrogens is 228 g/mol. The van der Waals surface area contributed by atoms with Gasteiger partial charge in [0.2, 0.25) is 5.91 Å². The van der Waals surface area contributed by atoms with Crippen LogP contribution >= 0.6 is 0 Å². The van der Waals surface area contributed by atoms with Gasteiger partial charge in [-0.05, 0) is 12.5 Å². The maximum absolute atomic E-state index is 11.9. The highest BCUT2D eigenvalue weighted by Crippen LogP contribution is 2.12. The van der Waals surface area contributed by atoms with Crippen LogP contribution in [0.2, 0.25) is 0 Å². The molecule has 0 aromatic heterocycles. The third kappa shape index (κ3) is 3.82. The molecule has 0 bridgehead atoms. The van der Waals surface area contributed by atoms with E-state index < -0.39 is 0 Å². The molecule has 4 heteroatoms. The quantitative estimate of drug-likeness (QED) is 0.843. The van der Waals surface area contributed by atoms with Crippen LogP contribution in [0, 0.1) is 0 Å². The van der Waals surface area contributed by atoms with Gasteiger partial charge >= 0.3 is 0 Å². The zero-order valence-corrected chi connectivity index (χ0v) is 10.7. The van der Waals surface area contributed by atoms with E-state index in [9.17, 15) is 4.79 Å². The third-order valence-electron chi connectivity index (χ3n) is 3.09. The molecule has 2 rings (SSSR count). The average molecular weight is 248 g/mol. The summed E-state index contributed by atoms with van der Waals surface area (Å²) in [6, 6.07) is 10.0. The lowest BCUT2D eigenvalue weighted by atomic mass is 10.1. The van der Waals surface area contributed by atoms with E-state index >= 15 is 0 Å². The first-order valence-corrected chi connectivity index (χ1v) is 6.42. The van der Waals surface area contributed by atoms with Crippen molar-refractivity contribution in [2.75, 3.05) is 19.7 Å². The van der Waals surface area contributed by atoms with Crippen molar-refractivity contribution in [3.63, 3.8) is 0 Å². The predicted octanol–water partition coefficient (Wildman–Crippen LogP) is 1.24. The Bertz CT molecular complexity index is 375. The minimum absolute atomic E-state index is 0.00160. The summed E-state index contributed by atoms with van der Waals surface area (Å²) in [4.78, 5) is 11.9. The summed E-state index contributed by atoms with van der Waals surface area (Å²) in [5.41, 5.74) is 1.12. The van der Waals surface area contributed by atoms with Gasteiger partial charge in [0.25, 0.3) is 0 Å². The van der Waals surface area contributed by atoms with E-state index in [4.69, 9.17) is 4.74 Å². The Morgan fingerprint density at radius 3 is 2.94 bits per heavy atom. The summed E-state index contributed by atoms with van der Waals surface area (Å²) in [5.74, 6) is 0.0417. The van der Waals surface area contributed by atoms with Crippen LogP contribution in [0.25, 0.3) is 0 Å². The van der Waals surface area contributed by atoms with Gasteiger partial charge in [-0.25, -0.2) is 0 Å². The number of hydrogen-bond acceptors (Lipinski definition) is 3. The van der Waals surface area contributed by atoms with Gasteiger partial charge in [0.05, 0.1) is 25.2 Å². The molecule has 1 aliphatic rings. The zero-order valence-electron chi connectivity index (χ0n) is 10.7. The van der Waals surface area contributed by atoms with E-state index in [1.807, 2.05) is 37.3 Å². The molecule has 1 saturated heterocycles. The molecule has 2 unspecified atom stereocenters. The number of carbonyl (C=O) groups excluding carboxylic acids is 1. The first kappa shape index (κ1) is 13.1. The number of ether oxygens (including phenoxy) is 1. The maximum atomic E-state index is 11.9. The van der Waals surface area contributed by atoms with Gasteiger partial charge in [-0.1, -0.05) is 30.3 Å². The van der Waals surface area contributed by atoms with E-state index in [0.29, 0.717) is 13.0 Å². The smallest absolute Gasteiger partial charge is 0.223 e. The molecule has 98 valence electrons. The first-order valence-electron chi connectivity index (χ1n) is 6.42. The zero-order chi connectivity index (χ0) is 12.8. The number of amides is 1. The lowest BCUT2D eigenvalue weighted by molar-refractivity contribution is -0.125. The average Bonchev–Trinajstić information content (AvgIpc) is 2.40. The summed E-state index contributed by atoms with van der Waals surface area (Å²) in [6.07, 6.45) is 0.422. The van der Waals surface area contributed by atoms with Crippen molar-refractivity contribution < 1.29 is 9.53 Å². The summed E-state index contributed by atoms with van der Waals surface area (Å²) < 4.78 is 5.51. The highest BCUT2D eigenvalue weighted by molar-refractivity contribution is 5.77. The lowest BCUT2D eigenvalue weighted by Crippen LogP contribution is -2.41. The maximum Gasteiger partial charge on any atom is 0.223 e. The van der Waals surface area contributed by atoms with E-state index in [1.165, 1.54) is 0 Å². The van der Waals surface area contributed by atoms with Crippen LogP contribution in [-0.2, 0) is 9.53 Å². The fourth-order valence-electron chi connectivity index (χ4n) is 2.08. The summed E-state index contributed by atoms with van der Waals surface area (Å²) in [5, 5.41) is 6.22. The molecule has 0 spiro atoms. The van der Waals surface area contributed by atoms with Gasteiger partial charge in [-0.2, -0.15) is 0 Å². The summed E-state index contributed by atoms with van der Waals surface area (Å²) in [7, 11) is 0. The van der Waals surface area contributed by atoms with Crippen molar-refractivity contribution in [3.05, 3.63) is 35.9 Å². The van der Waals surface area contributed by atoms with Crippen LogP contribution in [0.15, 0.2) is 30.3 Å². The molecule has 4 nitrogen and oxygen atoms in total. The minimum atomic E-state index is 0.00160. The number of benzene rings is 1. The molecule has 1 fully saturated rings. The van der Waals surface area contributed by atoms with Crippen molar-refractivity contribution >= 4 is 5.91 Å². The number of carbonyl (C=O) groups is 1. The molecule has 1 aromatic carbocycles. The molecule has 1 aliphatic heterocycles. The van der Waals surface area contributed by atoms with Crippen LogP contribution < -0.4 is 10.6 Å². The second-order valence-electron chi connectivity index (χ2n) is 4.60. The molecule has 2 N–H and O–H groups in total. The van der Waals surface area contributed by atoms with Crippen LogP contribution in [0.1, 0.15) is 24.9 Å². The second-order valence-corrected chi connectivity index (χ2v) is 4.60. The second kappa shape index (κ2) is 6.52. The predicted molar refractivity (Wildman–Crippen MR) is 70.2 cm³/mol. The Labute approximate surface area is 108 Å². The van der Waals surface area contributed by atoms with Gasteiger partial charge in [0.1, 0.15) is 0 Å². The molecule has 0 radical (unpaired) electrons. The van der Waals surface area contributed by atoms with Crippen LogP contribution in [0.4, 0.5) is 0 Å². The van der Waals surface area contributed by atoms with E-state index in [2.05, 4.69) is 10.6 Å².